The van der Waals surface area contributed by atoms with Crippen LogP contribution in [0, 0.1) is 0 Å². The molecule has 2 heterocycles. The minimum atomic E-state index is 0.0684. The molecule has 0 aliphatic carbocycles. The van der Waals surface area contributed by atoms with Crippen molar-refractivity contribution in [3.63, 3.8) is 0 Å². The molecule has 0 aliphatic heterocycles. The van der Waals surface area contributed by atoms with Gasteiger partial charge in [-0.05, 0) is 134 Å². The Morgan fingerprint density at radius 2 is 0.757 bits per heavy atom. The Hall–Kier alpha value is -8.40. The predicted molar refractivity (Wildman–Crippen MR) is 314 cm³/mol. The Bertz CT molecular complexity index is 3830. The molecule has 12 aromatic rings. The van der Waals surface area contributed by atoms with Crippen LogP contribution in [-0.2, 0) is 10.8 Å². The van der Waals surface area contributed by atoms with E-state index < -0.39 is 0 Å². The quantitative estimate of drug-likeness (QED) is 0.115. The van der Waals surface area contributed by atoms with Gasteiger partial charge in [0.2, 0.25) is 0 Å². The van der Waals surface area contributed by atoms with Crippen LogP contribution in [0.15, 0.2) is 233 Å². The summed E-state index contributed by atoms with van der Waals surface area (Å²) in [5, 5.41) is 4.49. The summed E-state index contributed by atoms with van der Waals surface area (Å²) in [4.78, 5) is 2.39. The molecule has 74 heavy (non-hydrogen) atoms. The average Bonchev–Trinajstić information content (AvgIpc) is 4.03. The molecule has 0 amide bonds. The van der Waals surface area contributed by atoms with Crippen molar-refractivity contribution >= 4 is 60.9 Å². The van der Waals surface area contributed by atoms with Crippen LogP contribution in [0.5, 0.6) is 0 Å². The van der Waals surface area contributed by atoms with E-state index in [1.807, 2.05) is 24.3 Å². The van der Waals surface area contributed by atoms with Crippen LogP contribution in [0.4, 0.5) is 17.1 Å². The molecule has 0 aliphatic rings. The third kappa shape index (κ3) is 8.56. The fraction of sp³-hybridized carbons (Fsp3) is 0.155. The molecule has 0 saturated heterocycles. The van der Waals surface area contributed by atoms with Gasteiger partial charge in [-0.25, -0.2) is 0 Å². The maximum absolute atomic E-state index is 6.52. The molecule has 0 bridgehead atoms. The molecule has 0 radical (unpaired) electrons. The van der Waals surface area contributed by atoms with Crippen molar-refractivity contribution in [2.45, 2.75) is 71.6 Å². The lowest BCUT2D eigenvalue weighted by molar-refractivity contribution is 0.466. The Morgan fingerprint density at radius 1 is 0.338 bits per heavy atom. The second-order valence-electron chi connectivity index (χ2n) is 21.4. The van der Waals surface area contributed by atoms with E-state index in [0.717, 1.165) is 125 Å². The highest BCUT2D eigenvalue weighted by Crippen LogP contribution is 2.44. The first kappa shape index (κ1) is 46.7. The zero-order chi connectivity index (χ0) is 50.6. The standard InChI is InChI=1S/C71H61NO2/c1-7-40-71(5,6)56-43-54(42-55(46-56)70(3,4)8-2)49-30-28-48(29-31-49)53-41-52(47-18-10-9-11-19-47)44-59(45-53)72(57-36-32-50(33-37-57)60-22-16-24-64-62-20-12-14-26-66(62)73-68(60)64)58-38-34-51(35-39-58)61-23-17-25-65-63-21-13-15-27-67(63)74-69(61)65/h9-39,41-46H,7-8,40H2,1-6H3. The number of para-hydroxylation sites is 4. The van der Waals surface area contributed by atoms with Crippen LogP contribution >= 0.6 is 0 Å². The van der Waals surface area contributed by atoms with Gasteiger partial charge in [0, 0.05) is 49.7 Å². The van der Waals surface area contributed by atoms with E-state index in [9.17, 15) is 0 Å². The summed E-state index contributed by atoms with van der Waals surface area (Å²) in [6.07, 6.45) is 3.37. The SMILES string of the molecule is CCCC(C)(C)c1cc(-c2ccc(-c3cc(-c4ccccc4)cc(N(c4ccc(-c5cccc6c5oc5ccccc56)cc4)c4ccc(-c5cccc6c5oc5ccccc56)cc4)c3)cc2)cc(C(C)(C)CC)c1. The van der Waals surface area contributed by atoms with Gasteiger partial charge in [-0.15, -0.1) is 0 Å². The third-order valence-electron chi connectivity index (χ3n) is 15.8. The normalized spacial score (nSPS) is 12.1. The van der Waals surface area contributed by atoms with Crippen LogP contribution in [0.2, 0.25) is 0 Å². The lowest BCUT2D eigenvalue weighted by atomic mass is 9.74. The minimum Gasteiger partial charge on any atom is -0.455 e. The highest BCUT2D eigenvalue weighted by atomic mass is 16.3. The number of benzene rings is 10. The van der Waals surface area contributed by atoms with Crippen molar-refractivity contribution < 1.29 is 8.83 Å². The second-order valence-corrected chi connectivity index (χ2v) is 21.4. The van der Waals surface area contributed by atoms with Crippen molar-refractivity contribution in [1.29, 1.82) is 0 Å². The van der Waals surface area contributed by atoms with Gasteiger partial charge in [0.25, 0.3) is 0 Å². The van der Waals surface area contributed by atoms with Crippen LogP contribution < -0.4 is 4.90 Å². The van der Waals surface area contributed by atoms with E-state index in [0.29, 0.717) is 0 Å². The number of anilines is 3. The van der Waals surface area contributed by atoms with E-state index >= 15 is 0 Å². The van der Waals surface area contributed by atoms with Gasteiger partial charge in [-0.2, -0.15) is 0 Å². The van der Waals surface area contributed by atoms with Gasteiger partial charge < -0.3 is 13.7 Å². The molecule has 2 aromatic heterocycles. The first-order chi connectivity index (χ1) is 36.0. The first-order valence-corrected chi connectivity index (χ1v) is 26.3. The van der Waals surface area contributed by atoms with Crippen molar-refractivity contribution in [2.75, 3.05) is 4.90 Å². The second kappa shape index (κ2) is 18.9. The molecule has 10 aromatic carbocycles. The number of furan rings is 2. The Labute approximate surface area is 435 Å². The molecule has 0 saturated carbocycles. The summed E-state index contributed by atoms with van der Waals surface area (Å²) in [5.41, 5.74) is 21.1. The number of hydrogen-bond donors (Lipinski definition) is 0. The van der Waals surface area contributed by atoms with Crippen molar-refractivity contribution in [3.05, 3.63) is 236 Å². The van der Waals surface area contributed by atoms with Gasteiger partial charge in [-0.3, -0.25) is 0 Å². The summed E-state index contributed by atoms with van der Waals surface area (Å²) in [6, 6.07) is 81.7. The molecular weight excluding hydrogens is 899 g/mol. The van der Waals surface area contributed by atoms with E-state index in [2.05, 4.69) is 247 Å². The topological polar surface area (TPSA) is 29.5 Å². The number of hydrogen-bond acceptors (Lipinski definition) is 3. The minimum absolute atomic E-state index is 0.0684. The van der Waals surface area contributed by atoms with Crippen LogP contribution in [0.1, 0.15) is 71.9 Å². The highest BCUT2D eigenvalue weighted by Gasteiger charge is 2.26. The first-order valence-electron chi connectivity index (χ1n) is 26.3. The predicted octanol–water partition coefficient (Wildman–Crippen LogP) is 21.1. The fourth-order valence-electron chi connectivity index (χ4n) is 11.1. The summed E-state index contributed by atoms with van der Waals surface area (Å²) in [5.74, 6) is 0. The summed E-state index contributed by atoms with van der Waals surface area (Å²) in [7, 11) is 0. The number of nitrogens with zero attached hydrogens (tertiary/aromatic N) is 1. The highest BCUT2D eigenvalue weighted by molar-refractivity contribution is 6.10. The molecule has 3 heteroatoms. The molecule has 0 unspecified atom stereocenters. The van der Waals surface area contributed by atoms with Crippen LogP contribution in [-0.4, -0.2) is 0 Å². The maximum Gasteiger partial charge on any atom is 0.143 e. The number of fused-ring (bicyclic) bond motifs is 6. The summed E-state index contributed by atoms with van der Waals surface area (Å²) < 4.78 is 13.0. The Morgan fingerprint density at radius 3 is 1.24 bits per heavy atom. The largest absolute Gasteiger partial charge is 0.455 e. The number of rotatable bonds is 13. The van der Waals surface area contributed by atoms with Gasteiger partial charge >= 0.3 is 0 Å². The van der Waals surface area contributed by atoms with Crippen LogP contribution in [0.25, 0.3) is 99.5 Å². The van der Waals surface area contributed by atoms with E-state index in [-0.39, 0.29) is 10.8 Å². The maximum atomic E-state index is 6.52. The average molecular weight is 960 g/mol. The van der Waals surface area contributed by atoms with Crippen LogP contribution in [0.3, 0.4) is 0 Å². The molecule has 0 atom stereocenters. The van der Waals surface area contributed by atoms with Crippen molar-refractivity contribution in [1.82, 2.24) is 0 Å². The zero-order valence-corrected chi connectivity index (χ0v) is 43.2. The lowest BCUT2D eigenvalue weighted by Crippen LogP contribution is -2.20. The molecular formula is C71H61NO2. The summed E-state index contributed by atoms with van der Waals surface area (Å²) >= 11 is 0. The fourth-order valence-corrected chi connectivity index (χ4v) is 11.1. The van der Waals surface area contributed by atoms with Crippen molar-refractivity contribution in [3.8, 4) is 55.6 Å². The van der Waals surface area contributed by atoms with Crippen molar-refractivity contribution in [2.24, 2.45) is 0 Å². The van der Waals surface area contributed by atoms with Gasteiger partial charge in [0.15, 0.2) is 0 Å². The molecule has 12 rings (SSSR count). The third-order valence-corrected chi connectivity index (χ3v) is 15.8. The Kier molecular flexibility index (Phi) is 11.9. The van der Waals surface area contributed by atoms with Gasteiger partial charge in [0.1, 0.15) is 22.3 Å². The lowest BCUT2D eigenvalue weighted by Gasteiger charge is -2.30. The molecule has 362 valence electrons. The van der Waals surface area contributed by atoms with E-state index in [1.165, 1.54) is 22.3 Å². The van der Waals surface area contributed by atoms with Gasteiger partial charge in [-0.1, -0.05) is 218 Å². The molecule has 0 N–H and O–H groups in total. The molecule has 0 spiro atoms. The molecule has 0 fully saturated rings. The monoisotopic (exact) mass is 959 g/mol. The van der Waals surface area contributed by atoms with E-state index in [1.54, 1.807) is 0 Å². The Balaban J connectivity index is 0.988. The van der Waals surface area contributed by atoms with E-state index in [4.69, 9.17) is 8.83 Å². The smallest absolute Gasteiger partial charge is 0.143 e. The van der Waals surface area contributed by atoms with Gasteiger partial charge in [0.05, 0.1) is 0 Å². The zero-order valence-electron chi connectivity index (χ0n) is 43.2. The molecule has 3 nitrogen and oxygen atoms in total. The summed E-state index contributed by atoms with van der Waals surface area (Å²) in [6.45, 7) is 14.1.